The minimum atomic E-state index is -0.519. The molecule has 0 bridgehead atoms. The Morgan fingerprint density at radius 2 is 1.62 bits per heavy atom. The first-order valence-electron chi connectivity index (χ1n) is 9.82. The quantitative estimate of drug-likeness (QED) is 0.602. The lowest BCUT2D eigenvalue weighted by Gasteiger charge is -2.22. The number of rotatable bonds is 9. The van der Waals surface area contributed by atoms with Crippen molar-refractivity contribution in [3.05, 3.63) is 59.7 Å². The van der Waals surface area contributed by atoms with Crippen LogP contribution in [0.3, 0.4) is 0 Å². The second-order valence-corrected chi connectivity index (χ2v) is 7.37. The Hall–Kier alpha value is -3.02. The van der Waals surface area contributed by atoms with Crippen LogP contribution >= 0.6 is 0 Å². The first kappa shape index (κ1) is 20.7. The van der Waals surface area contributed by atoms with Crippen LogP contribution < -0.4 is 9.47 Å². The van der Waals surface area contributed by atoms with E-state index in [2.05, 4.69) is 0 Å². The summed E-state index contributed by atoms with van der Waals surface area (Å²) in [7, 11) is 1.62. The molecule has 6 heteroatoms. The van der Waals surface area contributed by atoms with E-state index >= 15 is 0 Å². The van der Waals surface area contributed by atoms with E-state index in [1.54, 1.807) is 36.3 Å². The van der Waals surface area contributed by atoms with Gasteiger partial charge in [0.2, 0.25) is 0 Å². The Bertz CT molecular complexity index is 825. The van der Waals surface area contributed by atoms with Crippen LogP contribution in [0.4, 0.5) is 0 Å². The molecule has 0 radical (unpaired) electrons. The van der Waals surface area contributed by atoms with Gasteiger partial charge in [-0.05, 0) is 68.7 Å². The fourth-order valence-electron chi connectivity index (χ4n) is 2.97. The second-order valence-electron chi connectivity index (χ2n) is 7.37. The Labute approximate surface area is 171 Å². The van der Waals surface area contributed by atoms with Crippen LogP contribution in [0.1, 0.15) is 42.6 Å². The van der Waals surface area contributed by atoms with Crippen LogP contribution in [0.5, 0.6) is 11.5 Å². The number of carbonyl (C=O) groups is 2. The van der Waals surface area contributed by atoms with Gasteiger partial charge in [0.25, 0.3) is 5.91 Å². The first-order chi connectivity index (χ1) is 14.0. The zero-order valence-corrected chi connectivity index (χ0v) is 17.1. The third kappa shape index (κ3) is 5.98. The molecule has 1 saturated carbocycles. The summed E-state index contributed by atoms with van der Waals surface area (Å²) in [6, 6.07) is 14.6. The summed E-state index contributed by atoms with van der Waals surface area (Å²) in [5.41, 5.74) is 1.40. The van der Waals surface area contributed by atoms with E-state index < -0.39 is 5.97 Å². The van der Waals surface area contributed by atoms with Crippen molar-refractivity contribution in [1.82, 2.24) is 4.90 Å². The minimum absolute atomic E-state index is 0.0598. The highest BCUT2D eigenvalue weighted by Gasteiger charge is 2.33. The van der Waals surface area contributed by atoms with Crippen LogP contribution in [0.15, 0.2) is 48.5 Å². The number of esters is 1. The van der Waals surface area contributed by atoms with Crippen molar-refractivity contribution in [3.63, 3.8) is 0 Å². The molecule has 0 saturated heterocycles. The lowest BCUT2D eigenvalue weighted by Crippen LogP contribution is -2.36. The van der Waals surface area contributed by atoms with Gasteiger partial charge in [0, 0.05) is 12.6 Å². The van der Waals surface area contributed by atoms with Crippen LogP contribution in [0, 0.1) is 0 Å². The molecule has 0 unspecified atom stereocenters. The molecule has 2 aromatic rings. The van der Waals surface area contributed by atoms with Crippen molar-refractivity contribution in [2.75, 3.05) is 13.7 Å². The predicted octanol–water partition coefficient (Wildman–Crippen LogP) is 3.83. The lowest BCUT2D eigenvalue weighted by atomic mass is 10.2. The number of methoxy groups -OCH3 is 1. The van der Waals surface area contributed by atoms with Crippen molar-refractivity contribution in [1.29, 1.82) is 0 Å². The first-order valence-corrected chi connectivity index (χ1v) is 9.82. The number of carbonyl (C=O) groups excluding carboxylic acids is 2. The number of ether oxygens (including phenoxy) is 3. The van der Waals surface area contributed by atoms with Gasteiger partial charge in [0.1, 0.15) is 11.5 Å². The van der Waals surface area contributed by atoms with Crippen molar-refractivity contribution in [3.8, 4) is 11.5 Å². The molecule has 1 aliphatic carbocycles. The van der Waals surface area contributed by atoms with Gasteiger partial charge in [-0.15, -0.1) is 0 Å². The third-order valence-corrected chi connectivity index (χ3v) is 4.61. The Morgan fingerprint density at radius 1 is 1.00 bits per heavy atom. The van der Waals surface area contributed by atoms with Gasteiger partial charge in [-0.25, -0.2) is 4.79 Å². The molecule has 2 aromatic carbocycles. The number of benzene rings is 2. The zero-order valence-electron chi connectivity index (χ0n) is 17.1. The van der Waals surface area contributed by atoms with Gasteiger partial charge in [-0.3, -0.25) is 4.79 Å². The van der Waals surface area contributed by atoms with Gasteiger partial charge in [-0.1, -0.05) is 12.1 Å². The largest absolute Gasteiger partial charge is 0.497 e. The van der Waals surface area contributed by atoms with Crippen LogP contribution in [0.2, 0.25) is 0 Å². The maximum atomic E-state index is 12.7. The van der Waals surface area contributed by atoms with Crippen molar-refractivity contribution in [2.45, 2.75) is 45.4 Å². The molecular formula is C23H27NO5. The zero-order chi connectivity index (χ0) is 20.8. The molecule has 0 atom stereocenters. The van der Waals surface area contributed by atoms with Gasteiger partial charge < -0.3 is 19.1 Å². The summed E-state index contributed by atoms with van der Waals surface area (Å²) >= 11 is 0. The van der Waals surface area contributed by atoms with E-state index in [1.165, 1.54) is 0 Å². The molecule has 1 fully saturated rings. The fraction of sp³-hybridized carbons (Fsp3) is 0.391. The average molecular weight is 397 g/mol. The van der Waals surface area contributed by atoms with E-state index in [4.69, 9.17) is 14.2 Å². The summed E-state index contributed by atoms with van der Waals surface area (Å²) in [5, 5.41) is 0. The van der Waals surface area contributed by atoms with Gasteiger partial charge in [0.15, 0.2) is 6.61 Å². The molecule has 6 nitrogen and oxygen atoms in total. The molecule has 0 N–H and O–H groups in total. The maximum absolute atomic E-state index is 12.7. The lowest BCUT2D eigenvalue weighted by molar-refractivity contribution is -0.135. The predicted molar refractivity (Wildman–Crippen MR) is 109 cm³/mol. The molecule has 29 heavy (non-hydrogen) atoms. The third-order valence-electron chi connectivity index (χ3n) is 4.61. The summed E-state index contributed by atoms with van der Waals surface area (Å²) in [6.45, 7) is 4.10. The molecule has 1 amide bonds. The Morgan fingerprint density at radius 3 is 2.17 bits per heavy atom. The molecule has 1 aliphatic rings. The molecule has 0 aliphatic heterocycles. The molecular weight excluding hydrogens is 370 g/mol. The van der Waals surface area contributed by atoms with Crippen LogP contribution in [0.25, 0.3) is 0 Å². The smallest absolute Gasteiger partial charge is 0.338 e. The van der Waals surface area contributed by atoms with Gasteiger partial charge >= 0.3 is 5.97 Å². The highest BCUT2D eigenvalue weighted by atomic mass is 16.5. The minimum Gasteiger partial charge on any atom is -0.497 e. The topological polar surface area (TPSA) is 65.1 Å². The molecule has 0 spiro atoms. The molecule has 3 rings (SSSR count). The molecule has 154 valence electrons. The number of hydrogen-bond donors (Lipinski definition) is 0. The fourth-order valence-corrected chi connectivity index (χ4v) is 2.97. The molecule has 0 aromatic heterocycles. The van der Waals surface area contributed by atoms with Crippen molar-refractivity contribution >= 4 is 11.9 Å². The number of hydrogen-bond acceptors (Lipinski definition) is 5. The summed E-state index contributed by atoms with van der Waals surface area (Å²) in [6.07, 6.45) is 2.02. The standard InChI is InChI=1S/C23H27NO5/c1-16(2)29-21-12-6-18(7-13-21)23(26)28-15-22(25)24(19-8-9-19)14-17-4-10-20(27-3)11-5-17/h4-7,10-13,16,19H,8-9,14-15H2,1-3H3. The summed E-state index contributed by atoms with van der Waals surface area (Å²) in [5.74, 6) is 0.759. The Kier molecular flexibility index (Phi) is 6.75. The highest BCUT2D eigenvalue weighted by molar-refractivity contribution is 5.91. The monoisotopic (exact) mass is 397 g/mol. The van der Waals surface area contributed by atoms with E-state index in [9.17, 15) is 9.59 Å². The Balaban J connectivity index is 1.55. The summed E-state index contributed by atoms with van der Waals surface area (Å²) in [4.78, 5) is 26.7. The second kappa shape index (κ2) is 9.45. The number of amides is 1. The van der Waals surface area contributed by atoms with E-state index in [1.807, 2.05) is 38.1 Å². The van der Waals surface area contributed by atoms with E-state index in [-0.39, 0.29) is 24.7 Å². The normalized spacial score (nSPS) is 13.1. The van der Waals surface area contributed by atoms with Gasteiger partial charge in [-0.2, -0.15) is 0 Å². The maximum Gasteiger partial charge on any atom is 0.338 e. The van der Waals surface area contributed by atoms with Crippen LogP contribution in [-0.4, -0.2) is 42.6 Å². The van der Waals surface area contributed by atoms with Crippen LogP contribution in [-0.2, 0) is 16.1 Å². The highest BCUT2D eigenvalue weighted by Crippen LogP contribution is 2.29. The number of nitrogens with zero attached hydrogens (tertiary/aromatic N) is 1. The van der Waals surface area contributed by atoms with Gasteiger partial charge in [0.05, 0.1) is 18.8 Å². The van der Waals surface area contributed by atoms with E-state index in [0.717, 1.165) is 24.2 Å². The van der Waals surface area contributed by atoms with Crippen molar-refractivity contribution < 1.29 is 23.8 Å². The van der Waals surface area contributed by atoms with Crippen molar-refractivity contribution in [2.24, 2.45) is 0 Å². The molecule has 0 heterocycles. The average Bonchev–Trinajstić information content (AvgIpc) is 3.55. The van der Waals surface area contributed by atoms with E-state index in [0.29, 0.717) is 17.9 Å². The summed E-state index contributed by atoms with van der Waals surface area (Å²) < 4.78 is 16.0. The SMILES string of the molecule is COc1ccc(CN(C(=O)COC(=O)c2ccc(OC(C)C)cc2)C2CC2)cc1.